The number of ether oxygens (including phenoxy) is 1. The van der Waals surface area contributed by atoms with Crippen molar-refractivity contribution in [1.82, 2.24) is 24.6 Å². The van der Waals surface area contributed by atoms with Gasteiger partial charge in [0.2, 0.25) is 0 Å². The molecular formula is C18H18ClN5O3. The Morgan fingerprint density at radius 1 is 1.37 bits per heavy atom. The van der Waals surface area contributed by atoms with Crippen LogP contribution in [0, 0.1) is 0 Å². The van der Waals surface area contributed by atoms with Gasteiger partial charge in [0.15, 0.2) is 11.2 Å². The van der Waals surface area contributed by atoms with E-state index in [2.05, 4.69) is 15.4 Å². The second kappa shape index (κ2) is 7.13. The molecule has 0 bridgehead atoms. The van der Waals surface area contributed by atoms with Crippen LogP contribution in [0.25, 0.3) is 16.7 Å². The number of aryl methyl sites for hydroxylation is 1. The fraction of sp³-hybridized carbons (Fsp3) is 0.333. The normalized spacial score (nSPS) is 16.7. The number of rotatable bonds is 4. The maximum absolute atomic E-state index is 12.7. The largest absolute Gasteiger partial charge is 0.376 e. The van der Waals surface area contributed by atoms with Crippen LogP contribution >= 0.6 is 11.6 Å². The summed E-state index contributed by atoms with van der Waals surface area (Å²) < 4.78 is 8.31. The number of aromatic nitrogens is 4. The van der Waals surface area contributed by atoms with Gasteiger partial charge in [-0.3, -0.25) is 9.59 Å². The number of carbonyl (C=O) groups is 1. The van der Waals surface area contributed by atoms with E-state index in [1.54, 1.807) is 31.3 Å². The summed E-state index contributed by atoms with van der Waals surface area (Å²) in [6.45, 7) is 1.12. The molecule has 9 heteroatoms. The highest BCUT2D eigenvalue weighted by molar-refractivity contribution is 6.30. The number of carbonyl (C=O) groups excluding carboxylic acids is 1. The van der Waals surface area contributed by atoms with Crippen molar-refractivity contribution < 1.29 is 9.53 Å². The third-order valence-electron chi connectivity index (χ3n) is 4.54. The standard InChI is InChI=1S/C18H18ClN5O3/c1-23-10-21-14-15(17(25)20-9-13-3-2-8-27-13)22-24(16(14)18(23)26)12-6-4-11(19)5-7-12/h4-7,10,13H,2-3,8-9H2,1H3,(H,20,25)/t13-/m1/s1. The van der Waals surface area contributed by atoms with Crippen molar-refractivity contribution in [2.45, 2.75) is 18.9 Å². The second-order valence-electron chi connectivity index (χ2n) is 6.44. The Balaban J connectivity index is 1.77. The van der Waals surface area contributed by atoms with E-state index in [1.807, 2.05) is 0 Å². The molecule has 3 heterocycles. The minimum atomic E-state index is -0.385. The molecule has 3 aromatic rings. The molecule has 140 valence electrons. The zero-order valence-corrected chi connectivity index (χ0v) is 15.4. The highest BCUT2D eigenvalue weighted by Gasteiger charge is 2.23. The summed E-state index contributed by atoms with van der Waals surface area (Å²) in [7, 11) is 1.60. The topological polar surface area (TPSA) is 91.0 Å². The van der Waals surface area contributed by atoms with Crippen molar-refractivity contribution in [3.05, 3.63) is 51.7 Å². The Bertz CT molecular complexity index is 1050. The number of benzene rings is 1. The van der Waals surface area contributed by atoms with Gasteiger partial charge in [-0.2, -0.15) is 5.10 Å². The summed E-state index contributed by atoms with van der Waals surface area (Å²) in [5.74, 6) is -0.385. The van der Waals surface area contributed by atoms with Crippen LogP contribution < -0.4 is 10.9 Å². The average Bonchev–Trinajstić information content (AvgIpc) is 3.31. The smallest absolute Gasteiger partial charge is 0.279 e. The molecule has 1 fully saturated rings. The van der Waals surface area contributed by atoms with E-state index in [0.717, 1.165) is 12.8 Å². The van der Waals surface area contributed by atoms with E-state index in [9.17, 15) is 9.59 Å². The molecule has 0 spiro atoms. The zero-order valence-electron chi connectivity index (χ0n) is 14.7. The second-order valence-corrected chi connectivity index (χ2v) is 6.88. The molecule has 8 nitrogen and oxygen atoms in total. The molecule has 1 N–H and O–H groups in total. The summed E-state index contributed by atoms with van der Waals surface area (Å²) in [5.41, 5.74) is 0.937. The van der Waals surface area contributed by atoms with Crippen molar-refractivity contribution in [2.24, 2.45) is 7.05 Å². The predicted molar refractivity (Wildman–Crippen MR) is 100 cm³/mol. The highest BCUT2D eigenvalue weighted by atomic mass is 35.5. The first-order chi connectivity index (χ1) is 13.0. The van der Waals surface area contributed by atoms with Crippen LogP contribution in [0.15, 0.2) is 35.4 Å². The van der Waals surface area contributed by atoms with Crippen LogP contribution in [0.2, 0.25) is 5.02 Å². The summed E-state index contributed by atoms with van der Waals surface area (Å²) >= 11 is 5.95. The van der Waals surface area contributed by atoms with Crippen molar-refractivity contribution in [1.29, 1.82) is 0 Å². The van der Waals surface area contributed by atoms with Crippen LogP contribution in [0.1, 0.15) is 23.3 Å². The lowest BCUT2D eigenvalue weighted by atomic mass is 10.2. The third kappa shape index (κ3) is 3.33. The van der Waals surface area contributed by atoms with Crippen LogP contribution in [0.5, 0.6) is 0 Å². The molecule has 1 atom stereocenters. The Morgan fingerprint density at radius 3 is 2.85 bits per heavy atom. The van der Waals surface area contributed by atoms with Gasteiger partial charge in [-0.25, -0.2) is 9.67 Å². The number of amides is 1. The minimum Gasteiger partial charge on any atom is -0.376 e. The van der Waals surface area contributed by atoms with Gasteiger partial charge in [0.25, 0.3) is 11.5 Å². The monoisotopic (exact) mass is 387 g/mol. The maximum Gasteiger partial charge on any atom is 0.279 e. The number of hydrogen-bond donors (Lipinski definition) is 1. The van der Waals surface area contributed by atoms with Crippen molar-refractivity contribution in [2.75, 3.05) is 13.2 Å². The van der Waals surface area contributed by atoms with Crippen molar-refractivity contribution in [3.8, 4) is 5.69 Å². The first-order valence-corrected chi connectivity index (χ1v) is 9.02. The SMILES string of the molecule is Cn1cnc2c(C(=O)NC[C@H]3CCCO3)nn(-c3ccc(Cl)cc3)c2c1=O. The van der Waals surface area contributed by atoms with Gasteiger partial charge >= 0.3 is 0 Å². The lowest BCUT2D eigenvalue weighted by Gasteiger charge is -2.09. The average molecular weight is 388 g/mol. The first-order valence-electron chi connectivity index (χ1n) is 8.64. The van der Waals surface area contributed by atoms with Crippen molar-refractivity contribution in [3.63, 3.8) is 0 Å². The predicted octanol–water partition coefficient (Wildman–Crippen LogP) is 1.68. The fourth-order valence-electron chi connectivity index (χ4n) is 3.11. The van der Waals surface area contributed by atoms with Gasteiger partial charge in [0.05, 0.1) is 18.1 Å². The van der Waals surface area contributed by atoms with Crippen LogP contribution in [0.3, 0.4) is 0 Å². The molecule has 0 unspecified atom stereocenters. The summed E-state index contributed by atoms with van der Waals surface area (Å²) in [5, 5.41) is 7.78. The maximum atomic E-state index is 12.7. The van der Waals surface area contributed by atoms with Gasteiger partial charge in [-0.05, 0) is 37.1 Å². The Labute approximate surface area is 159 Å². The summed E-state index contributed by atoms with van der Waals surface area (Å²) in [6, 6.07) is 6.86. The Hall–Kier alpha value is -2.71. The first kappa shape index (κ1) is 17.7. The third-order valence-corrected chi connectivity index (χ3v) is 4.80. The number of nitrogens with zero attached hydrogens (tertiary/aromatic N) is 4. The molecule has 2 aromatic heterocycles. The van der Waals surface area contributed by atoms with Crippen LogP contribution in [-0.2, 0) is 11.8 Å². The quantitative estimate of drug-likeness (QED) is 0.735. The van der Waals surface area contributed by atoms with Gasteiger partial charge in [-0.1, -0.05) is 11.6 Å². The van der Waals surface area contributed by atoms with E-state index in [-0.39, 0.29) is 34.3 Å². The number of halogens is 1. The molecule has 1 amide bonds. The molecule has 0 radical (unpaired) electrons. The molecule has 1 aliphatic rings. The molecule has 1 saturated heterocycles. The van der Waals surface area contributed by atoms with E-state index >= 15 is 0 Å². The lowest BCUT2D eigenvalue weighted by molar-refractivity contribution is 0.0854. The van der Waals surface area contributed by atoms with E-state index in [1.165, 1.54) is 15.6 Å². The molecule has 1 aliphatic heterocycles. The van der Waals surface area contributed by atoms with Crippen LogP contribution in [0.4, 0.5) is 0 Å². The summed E-state index contributed by atoms with van der Waals surface area (Å²) in [4.78, 5) is 29.6. The van der Waals surface area contributed by atoms with Gasteiger partial charge in [-0.15, -0.1) is 0 Å². The van der Waals surface area contributed by atoms with Gasteiger partial charge in [0, 0.05) is 25.2 Å². The van der Waals surface area contributed by atoms with Gasteiger partial charge < -0.3 is 14.6 Å². The van der Waals surface area contributed by atoms with E-state index in [0.29, 0.717) is 23.9 Å². The minimum absolute atomic E-state index is 0.0133. The van der Waals surface area contributed by atoms with Gasteiger partial charge in [0.1, 0.15) is 5.52 Å². The number of nitrogens with one attached hydrogen (secondary N) is 1. The molecular weight excluding hydrogens is 370 g/mol. The Kier molecular flexibility index (Phi) is 4.67. The number of fused-ring (bicyclic) bond motifs is 1. The fourth-order valence-corrected chi connectivity index (χ4v) is 3.23. The van der Waals surface area contributed by atoms with E-state index in [4.69, 9.17) is 16.3 Å². The molecule has 0 aliphatic carbocycles. The molecule has 27 heavy (non-hydrogen) atoms. The summed E-state index contributed by atoms with van der Waals surface area (Å²) in [6.07, 6.45) is 3.31. The number of hydrogen-bond acceptors (Lipinski definition) is 5. The zero-order chi connectivity index (χ0) is 19.0. The van der Waals surface area contributed by atoms with Crippen LogP contribution in [-0.4, -0.2) is 44.5 Å². The van der Waals surface area contributed by atoms with E-state index < -0.39 is 0 Å². The lowest BCUT2D eigenvalue weighted by Crippen LogP contribution is -2.32. The molecule has 1 aromatic carbocycles. The molecule has 4 rings (SSSR count). The van der Waals surface area contributed by atoms with Crippen molar-refractivity contribution >= 4 is 28.5 Å². The highest BCUT2D eigenvalue weighted by Crippen LogP contribution is 2.19. The Morgan fingerprint density at radius 2 is 2.15 bits per heavy atom. The molecule has 0 saturated carbocycles.